The quantitative estimate of drug-likeness (QED) is 0.717. The lowest BCUT2D eigenvalue weighted by molar-refractivity contribution is -0.142. The van der Waals surface area contributed by atoms with Gasteiger partial charge in [0.05, 0.1) is 5.92 Å². The van der Waals surface area contributed by atoms with Gasteiger partial charge in [0.15, 0.2) is 0 Å². The molecule has 0 aromatic heterocycles. The summed E-state index contributed by atoms with van der Waals surface area (Å²) in [6.07, 6.45) is 0. The molecule has 1 saturated heterocycles. The first-order chi connectivity index (χ1) is 6.00. The predicted molar refractivity (Wildman–Crippen MR) is 51.6 cm³/mol. The van der Waals surface area contributed by atoms with Gasteiger partial charge in [0.2, 0.25) is 0 Å². The number of aliphatic carboxylic acids is 1. The van der Waals surface area contributed by atoms with Crippen LogP contribution in [0, 0.1) is 17.8 Å². The van der Waals surface area contributed by atoms with Crippen molar-refractivity contribution in [1.82, 2.24) is 4.90 Å². The van der Waals surface area contributed by atoms with Gasteiger partial charge in [-0.3, -0.25) is 4.79 Å². The first kappa shape index (κ1) is 10.5. The third kappa shape index (κ3) is 2.69. The van der Waals surface area contributed by atoms with Gasteiger partial charge in [0.1, 0.15) is 0 Å². The van der Waals surface area contributed by atoms with Gasteiger partial charge >= 0.3 is 5.97 Å². The Morgan fingerprint density at radius 3 is 2.38 bits per heavy atom. The molecule has 0 aliphatic carbocycles. The first-order valence-electron chi connectivity index (χ1n) is 4.96. The molecule has 0 amide bonds. The van der Waals surface area contributed by atoms with E-state index in [1.54, 1.807) is 6.92 Å². The molecular formula is C10H19NO2. The van der Waals surface area contributed by atoms with Crippen LogP contribution in [0.3, 0.4) is 0 Å². The zero-order valence-corrected chi connectivity index (χ0v) is 8.66. The molecule has 0 bridgehead atoms. The summed E-state index contributed by atoms with van der Waals surface area (Å²) >= 11 is 0. The second-order valence-corrected chi connectivity index (χ2v) is 4.46. The van der Waals surface area contributed by atoms with E-state index >= 15 is 0 Å². The Balaban J connectivity index is 2.18. The summed E-state index contributed by atoms with van der Waals surface area (Å²) in [6.45, 7) is 9.08. The predicted octanol–water partition coefficient (Wildman–Crippen LogP) is 1.29. The van der Waals surface area contributed by atoms with Crippen molar-refractivity contribution in [1.29, 1.82) is 0 Å². The van der Waals surface area contributed by atoms with Gasteiger partial charge in [-0.05, 0) is 11.8 Å². The highest BCUT2D eigenvalue weighted by Crippen LogP contribution is 2.23. The molecule has 1 aliphatic heterocycles. The highest BCUT2D eigenvalue weighted by molar-refractivity contribution is 5.69. The topological polar surface area (TPSA) is 40.5 Å². The zero-order valence-electron chi connectivity index (χ0n) is 8.66. The van der Waals surface area contributed by atoms with Crippen LogP contribution in [0.25, 0.3) is 0 Å². The second-order valence-electron chi connectivity index (χ2n) is 4.46. The maximum absolute atomic E-state index is 10.6. The third-order valence-electron chi connectivity index (χ3n) is 2.88. The van der Waals surface area contributed by atoms with Crippen LogP contribution in [0.5, 0.6) is 0 Å². The van der Waals surface area contributed by atoms with Gasteiger partial charge < -0.3 is 10.0 Å². The van der Waals surface area contributed by atoms with E-state index in [9.17, 15) is 4.79 Å². The Hall–Kier alpha value is -0.570. The molecule has 1 unspecified atom stereocenters. The minimum Gasteiger partial charge on any atom is -0.481 e. The molecule has 1 rings (SSSR count). The molecule has 1 fully saturated rings. The minimum atomic E-state index is -0.687. The van der Waals surface area contributed by atoms with Crippen LogP contribution in [0.1, 0.15) is 20.8 Å². The lowest BCUT2D eigenvalue weighted by atomic mass is 9.88. The van der Waals surface area contributed by atoms with E-state index in [1.165, 1.54) is 0 Å². The van der Waals surface area contributed by atoms with Gasteiger partial charge in [-0.2, -0.15) is 0 Å². The molecule has 13 heavy (non-hydrogen) atoms. The van der Waals surface area contributed by atoms with E-state index < -0.39 is 5.97 Å². The third-order valence-corrected chi connectivity index (χ3v) is 2.88. The van der Waals surface area contributed by atoms with E-state index in [4.69, 9.17) is 5.11 Å². The number of hydrogen-bond acceptors (Lipinski definition) is 2. The zero-order chi connectivity index (χ0) is 10.0. The SMILES string of the molecule is CC(CN1CC(C(C)C)C1)C(=O)O. The van der Waals surface area contributed by atoms with Crippen molar-refractivity contribution in [2.75, 3.05) is 19.6 Å². The molecule has 3 nitrogen and oxygen atoms in total. The molecular weight excluding hydrogens is 166 g/mol. The molecule has 0 aromatic rings. The highest BCUT2D eigenvalue weighted by atomic mass is 16.4. The van der Waals surface area contributed by atoms with Crippen molar-refractivity contribution < 1.29 is 9.90 Å². The van der Waals surface area contributed by atoms with E-state index in [2.05, 4.69) is 18.7 Å². The Morgan fingerprint density at radius 2 is 2.00 bits per heavy atom. The van der Waals surface area contributed by atoms with Gasteiger partial charge in [0, 0.05) is 19.6 Å². The Labute approximate surface area is 79.7 Å². The summed E-state index contributed by atoms with van der Waals surface area (Å²) in [5, 5.41) is 8.70. The number of nitrogens with zero attached hydrogens (tertiary/aromatic N) is 1. The summed E-state index contributed by atoms with van der Waals surface area (Å²) in [6, 6.07) is 0. The average molecular weight is 185 g/mol. The first-order valence-corrected chi connectivity index (χ1v) is 4.96. The van der Waals surface area contributed by atoms with Crippen LogP contribution in [0.4, 0.5) is 0 Å². The normalized spacial score (nSPS) is 21.5. The van der Waals surface area contributed by atoms with Gasteiger partial charge in [-0.1, -0.05) is 20.8 Å². The molecule has 0 aromatic carbocycles. The van der Waals surface area contributed by atoms with E-state index in [-0.39, 0.29) is 5.92 Å². The fourth-order valence-electron chi connectivity index (χ4n) is 1.65. The van der Waals surface area contributed by atoms with E-state index in [0.717, 1.165) is 24.9 Å². The van der Waals surface area contributed by atoms with Crippen molar-refractivity contribution in [3.05, 3.63) is 0 Å². The molecule has 1 N–H and O–H groups in total. The fraction of sp³-hybridized carbons (Fsp3) is 0.900. The lowest BCUT2D eigenvalue weighted by Crippen LogP contribution is -2.51. The van der Waals surface area contributed by atoms with Gasteiger partial charge in [0.25, 0.3) is 0 Å². The molecule has 76 valence electrons. The van der Waals surface area contributed by atoms with Crippen LogP contribution >= 0.6 is 0 Å². The van der Waals surface area contributed by atoms with E-state index in [0.29, 0.717) is 6.54 Å². The molecule has 1 aliphatic rings. The standard InChI is InChI=1S/C10H19NO2/c1-7(2)9-5-11(6-9)4-8(3)10(12)13/h7-9H,4-6H2,1-3H3,(H,12,13). The number of carbonyl (C=O) groups is 1. The molecule has 0 radical (unpaired) electrons. The molecule has 0 spiro atoms. The minimum absolute atomic E-state index is 0.229. The van der Waals surface area contributed by atoms with Crippen molar-refractivity contribution in [3.63, 3.8) is 0 Å². The van der Waals surface area contributed by atoms with Crippen LogP contribution in [-0.4, -0.2) is 35.6 Å². The molecule has 3 heteroatoms. The number of likely N-dealkylation sites (tertiary alicyclic amines) is 1. The summed E-state index contributed by atoms with van der Waals surface area (Å²) in [4.78, 5) is 12.8. The monoisotopic (exact) mass is 185 g/mol. The van der Waals surface area contributed by atoms with Crippen molar-refractivity contribution in [3.8, 4) is 0 Å². The van der Waals surface area contributed by atoms with E-state index in [1.807, 2.05) is 0 Å². The second kappa shape index (κ2) is 4.09. The number of rotatable bonds is 4. The number of carboxylic acid groups (broad SMARTS) is 1. The maximum atomic E-state index is 10.6. The fourth-order valence-corrected chi connectivity index (χ4v) is 1.65. The highest BCUT2D eigenvalue weighted by Gasteiger charge is 2.30. The van der Waals surface area contributed by atoms with Crippen LogP contribution in [-0.2, 0) is 4.79 Å². The number of hydrogen-bond donors (Lipinski definition) is 1. The lowest BCUT2D eigenvalue weighted by Gasteiger charge is -2.42. The van der Waals surface area contributed by atoms with Crippen LogP contribution in [0.2, 0.25) is 0 Å². The van der Waals surface area contributed by atoms with Gasteiger partial charge in [-0.15, -0.1) is 0 Å². The Kier molecular flexibility index (Phi) is 3.31. The van der Waals surface area contributed by atoms with Gasteiger partial charge in [-0.25, -0.2) is 0 Å². The Morgan fingerprint density at radius 1 is 1.46 bits per heavy atom. The molecule has 1 heterocycles. The molecule has 1 atom stereocenters. The Bertz CT molecular complexity index is 185. The maximum Gasteiger partial charge on any atom is 0.307 e. The molecule has 0 saturated carbocycles. The summed E-state index contributed by atoms with van der Waals surface area (Å²) in [5.74, 6) is 0.596. The van der Waals surface area contributed by atoms with Crippen LogP contribution in [0.15, 0.2) is 0 Å². The van der Waals surface area contributed by atoms with Crippen LogP contribution < -0.4 is 0 Å². The summed E-state index contributed by atoms with van der Waals surface area (Å²) < 4.78 is 0. The summed E-state index contributed by atoms with van der Waals surface area (Å²) in [5.41, 5.74) is 0. The van der Waals surface area contributed by atoms with Crippen molar-refractivity contribution in [2.24, 2.45) is 17.8 Å². The van der Waals surface area contributed by atoms with Crippen molar-refractivity contribution in [2.45, 2.75) is 20.8 Å². The summed E-state index contributed by atoms with van der Waals surface area (Å²) in [7, 11) is 0. The smallest absolute Gasteiger partial charge is 0.307 e. The van der Waals surface area contributed by atoms with Crippen molar-refractivity contribution >= 4 is 5.97 Å². The average Bonchev–Trinajstić information content (AvgIpc) is 1.94. The number of carboxylic acids is 1. The largest absolute Gasteiger partial charge is 0.481 e.